The molecule has 0 aromatic heterocycles. The fraction of sp³-hybridized carbons (Fsp3) is 0.400. The minimum absolute atomic E-state index is 0.157. The van der Waals surface area contributed by atoms with E-state index in [9.17, 15) is 4.39 Å². The van der Waals surface area contributed by atoms with Crippen molar-refractivity contribution in [3.05, 3.63) is 34.6 Å². The van der Waals surface area contributed by atoms with Gasteiger partial charge >= 0.3 is 0 Å². The molecule has 1 saturated carbocycles. The lowest BCUT2D eigenvalue weighted by Crippen LogP contribution is -1.89. The van der Waals surface area contributed by atoms with Crippen LogP contribution in [0.15, 0.2) is 18.2 Å². The van der Waals surface area contributed by atoms with Crippen LogP contribution >= 0.6 is 11.6 Å². The first-order chi connectivity index (χ1) is 6.22. The van der Waals surface area contributed by atoms with Crippen LogP contribution in [0.2, 0.25) is 5.02 Å². The fourth-order valence-corrected chi connectivity index (χ4v) is 1.72. The molecular formula is C10H10ClFO. The van der Waals surface area contributed by atoms with Gasteiger partial charge in [-0.15, -0.1) is 0 Å². The highest BCUT2D eigenvalue weighted by atomic mass is 35.5. The summed E-state index contributed by atoms with van der Waals surface area (Å²) in [5, 5.41) is 9.00. The Balaban J connectivity index is 2.19. The molecule has 1 aromatic rings. The van der Waals surface area contributed by atoms with E-state index in [4.69, 9.17) is 16.7 Å². The van der Waals surface area contributed by atoms with Gasteiger partial charge < -0.3 is 5.11 Å². The van der Waals surface area contributed by atoms with Gasteiger partial charge in [-0.1, -0.05) is 17.7 Å². The molecule has 3 heteroatoms. The molecule has 1 aliphatic carbocycles. The van der Waals surface area contributed by atoms with Crippen molar-refractivity contribution in [2.45, 2.75) is 12.3 Å². The van der Waals surface area contributed by atoms with E-state index in [1.54, 1.807) is 6.07 Å². The Morgan fingerprint density at radius 3 is 2.85 bits per heavy atom. The molecule has 2 unspecified atom stereocenters. The summed E-state index contributed by atoms with van der Waals surface area (Å²) in [5.41, 5.74) is 0.945. The van der Waals surface area contributed by atoms with E-state index in [-0.39, 0.29) is 17.4 Å². The lowest BCUT2D eigenvalue weighted by molar-refractivity contribution is 0.274. The second-order valence-corrected chi connectivity index (χ2v) is 3.87. The maximum Gasteiger partial charge on any atom is 0.142 e. The Morgan fingerprint density at radius 1 is 1.54 bits per heavy atom. The summed E-state index contributed by atoms with van der Waals surface area (Å²) in [5.74, 6) is 0.278. The van der Waals surface area contributed by atoms with Crippen LogP contribution in [0.1, 0.15) is 17.9 Å². The summed E-state index contributed by atoms with van der Waals surface area (Å²) in [6.45, 7) is 0.189. The smallest absolute Gasteiger partial charge is 0.142 e. The van der Waals surface area contributed by atoms with Crippen LogP contribution in [-0.2, 0) is 0 Å². The summed E-state index contributed by atoms with van der Waals surface area (Å²) in [6, 6.07) is 4.85. The van der Waals surface area contributed by atoms with Crippen molar-refractivity contribution in [1.82, 2.24) is 0 Å². The maximum absolute atomic E-state index is 13.0. The summed E-state index contributed by atoms with van der Waals surface area (Å²) in [4.78, 5) is 0. The molecule has 0 aliphatic heterocycles. The van der Waals surface area contributed by atoms with Gasteiger partial charge in [-0.05, 0) is 36.0 Å². The van der Waals surface area contributed by atoms with Crippen LogP contribution in [-0.4, -0.2) is 11.7 Å². The lowest BCUT2D eigenvalue weighted by atomic mass is 10.1. The van der Waals surface area contributed by atoms with Gasteiger partial charge in [0.25, 0.3) is 0 Å². The standard InChI is InChI=1S/C10H10ClFO/c11-9-2-1-6(4-10(9)12)8-3-7(8)5-13/h1-2,4,7-8,13H,3,5H2. The molecule has 70 valence electrons. The zero-order chi connectivity index (χ0) is 9.42. The number of hydrogen-bond donors (Lipinski definition) is 1. The summed E-state index contributed by atoms with van der Waals surface area (Å²) in [6.07, 6.45) is 0.956. The van der Waals surface area contributed by atoms with Crippen LogP contribution in [0.5, 0.6) is 0 Å². The number of aliphatic hydroxyl groups excluding tert-OH is 1. The fourth-order valence-electron chi connectivity index (χ4n) is 1.60. The first-order valence-corrected chi connectivity index (χ1v) is 4.66. The van der Waals surface area contributed by atoms with Crippen molar-refractivity contribution in [3.8, 4) is 0 Å². The molecule has 0 bridgehead atoms. The Kier molecular flexibility index (Phi) is 2.26. The molecule has 1 aromatic carbocycles. The molecule has 1 nitrogen and oxygen atoms in total. The Morgan fingerprint density at radius 2 is 2.31 bits per heavy atom. The molecule has 0 saturated heterocycles. The molecule has 13 heavy (non-hydrogen) atoms. The molecule has 0 amide bonds. The van der Waals surface area contributed by atoms with Crippen LogP contribution in [0.3, 0.4) is 0 Å². The van der Waals surface area contributed by atoms with Crippen molar-refractivity contribution in [3.63, 3.8) is 0 Å². The second-order valence-electron chi connectivity index (χ2n) is 3.46. The Hall–Kier alpha value is -0.600. The number of benzene rings is 1. The quantitative estimate of drug-likeness (QED) is 0.778. The molecule has 2 rings (SSSR count). The van der Waals surface area contributed by atoms with E-state index in [1.807, 2.05) is 6.07 Å². The van der Waals surface area contributed by atoms with Gasteiger partial charge in [-0.3, -0.25) is 0 Å². The van der Waals surface area contributed by atoms with E-state index in [0.29, 0.717) is 11.8 Å². The van der Waals surface area contributed by atoms with Crippen LogP contribution in [0.4, 0.5) is 4.39 Å². The molecule has 0 radical (unpaired) electrons. The third kappa shape index (κ3) is 1.69. The highest BCUT2D eigenvalue weighted by molar-refractivity contribution is 6.30. The van der Waals surface area contributed by atoms with E-state index in [2.05, 4.69) is 0 Å². The highest BCUT2D eigenvalue weighted by Crippen LogP contribution is 2.47. The van der Waals surface area contributed by atoms with Crippen LogP contribution < -0.4 is 0 Å². The topological polar surface area (TPSA) is 20.2 Å². The highest BCUT2D eigenvalue weighted by Gasteiger charge is 2.37. The average Bonchev–Trinajstić information content (AvgIpc) is 2.88. The van der Waals surface area contributed by atoms with Crippen molar-refractivity contribution >= 4 is 11.6 Å². The predicted molar refractivity (Wildman–Crippen MR) is 49.3 cm³/mol. The van der Waals surface area contributed by atoms with Crippen molar-refractivity contribution in [1.29, 1.82) is 0 Å². The van der Waals surface area contributed by atoms with E-state index in [0.717, 1.165) is 12.0 Å². The van der Waals surface area contributed by atoms with Crippen molar-refractivity contribution in [2.75, 3.05) is 6.61 Å². The van der Waals surface area contributed by atoms with Gasteiger partial charge in [0.1, 0.15) is 5.82 Å². The molecule has 2 atom stereocenters. The van der Waals surface area contributed by atoms with Gasteiger partial charge in [-0.2, -0.15) is 0 Å². The predicted octanol–water partition coefficient (Wildman–Crippen LogP) is 2.57. The second kappa shape index (κ2) is 3.28. The molecule has 0 heterocycles. The zero-order valence-electron chi connectivity index (χ0n) is 7.00. The van der Waals surface area contributed by atoms with E-state index < -0.39 is 0 Å². The largest absolute Gasteiger partial charge is 0.396 e. The number of aliphatic hydroxyl groups is 1. The number of hydrogen-bond acceptors (Lipinski definition) is 1. The third-order valence-corrected chi connectivity index (χ3v) is 2.84. The number of rotatable bonds is 2. The average molecular weight is 201 g/mol. The summed E-state index contributed by atoms with van der Waals surface area (Å²) in [7, 11) is 0. The Labute approximate surface area is 81.1 Å². The molecule has 1 fully saturated rings. The molecule has 0 spiro atoms. The summed E-state index contributed by atoms with van der Waals surface area (Å²) >= 11 is 5.55. The minimum atomic E-state index is -0.372. The van der Waals surface area contributed by atoms with E-state index >= 15 is 0 Å². The number of halogens is 2. The van der Waals surface area contributed by atoms with Crippen molar-refractivity contribution in [2.24, 2.45) is 5.92 Å². The summed E-state index contributed by atoms with van der Waals surface area (Å²) < 4.78 is 13.0. The van der Waals surface area contributed by atoms with Gasteiger partial charge in [0, 0.05) is 6.61 Å². The van der Waals surface area contributed by atoms with Crippen LogP contribution in [0.25, 0.3) is 0 Å². The van der Waals surface area contributed by atoms with Gasteiger partial charge in [-0.25, -0.2) is 4.39 Å². The first kappa shape index (κ1) is 8.97. The van der Waals surface area contributed by atoms with Crippen molar-refractivity contribution < 1.29 is 9.50 Å². The SMILES string of the molecule is OCC1CC1c1ccc(Cl)c(F)c1. The van der Waals surface area contributed by atoms with Gasteiger partial charge in [0.15, 0.2) is 0 Å². The normalized spacial score (nSPS) is 26.1. The first-order valence-electron chi connectivity index (χ1n) is 4.28. The van der Waals surface area contributed by atoms with Gasteiger partial charge in [0.2, 0.25) is 0 Å². The third-order valence-electron chi connectivity index (χ3n) is 2.53. The van der Waals surface area contributed by atoms with Crippen LogP contribution in [0, 0.1) is 11.7 Å². The monoisotopic (exact) mass is 200 g/mol. The zero-order valence-corrected chi connectivity index (χ0v) is 7.76. The van der Waals surface area contributed by atoms with E-state index in [1.165, 1.54) is 6.07 Å². The maximum atomic E-state index is 13.0. The molecule has 1 aliphatic rings. The van der Waals surface area contributed by atoms with Gasteiger partial charge in [0.05, 0.1) is 5.02 Å². The Bertz CT molecular complexity index is 327. The molecule has 1 N–H and O–H groups in total. The minimum Gasteiger partial charge on any atom is -0.396 e. The molecular weight excluding hydrogens is 191 g/mol. The lowest BCUT2D eigenvalue weighted by Gasteiger charge is -2.00.